The lowest BCUT2D eigenvalue weighted by atomic mass is 9.85. The highest BCUT2D eigenvalue weighted by molar-refractivity contribution is 5.86. The molecule has 1 aromatic rings. The summed E-state index contributed by atoms with van der Waals surface area (Å²) in [5, 5.41) is 5.30. The molecule has 0 unspecified atom stereocenters. The number of hydrogen-bond donors (Lipinski definition) is 2. The van der Waals surface area contributed by atoms with E-state index in [1.54, 1.807) is 18.4 Å². The molecule has 0 aliphatic heterocycles. The molecule has 0 atom stereocenters. The van der Waals surface area contributed by atoms with Crippen LogP contribution in [0, 0.1) is 5.92 Å². The predicted molar refractivity (Wildman–Crippen MR) is 60.9 cm³/mol. The first-order chi connectivity index (χ1) is 8.25. The summed E-state index contributed by atoms with van der Waals surface area (Å²) in [5.41, 5.74) is 0. The van der Waals surface area contributed by atoms with E-state index in [0.29, 0.717) is 12.3 Å². The van der Waals surface area contributed by atoms with E-state index in [1.807, 2.05) is 0 Å². The number of amides is 2. The molecule has 1 aromatic heterocycles. The Morgan fingerprint density at radius 2 is 2.18 bits per heavy atom. The van der Waals surface area contributed by atoms with Crippen LogP contribution in [-0.4, -0.2) is 18.4 Å². The molecule has 1 saturated carbocycles. The number of hydrogen-bond acceptors (Lipinski definition) is 3. The highest BCUT2D eigenvalue weighted by Gasteiger charge is 2.25. The smallest absolute Gasteiger partial charge is 0.239 e. The van der Waals surface area contributed by atoms with Gasteiger partial charge in [0.05, 0.1) is 19.4 Å². The van der Waals surface area contributed by atoms with Crippen molar-refractivity contribution >= 4 is 11.8 Å². The Morgan fingerprint density at radius 3 is 2.76 bits per heavy atom. The van der Waals surface area contributed by atoms with Gasteiger partial charge in [0.25, 0.3) is 0 Å². The molecule has 2 amide bonds. The minimum Gasteiger partial charge on any atom is -0.467 e. The van der Waals surface area contributed by atoms with Gasteiger partial charge in [-0.3, -0.25) is 9.59 Å². The number of carbonyl (C=O) groups is 2. The van der Waals surface area contributed by atoms with Crippen LogP contribution in [0.3, 0.4) is 0 Å². The Morgan fingerprint density at radius 1 is 1.35 bits per heavy atom. The van der Waals surface area contributed by atoms with E-state index in [0.717, 1.165) is 19.3 Å². The second-order valence-electron chi connectivity index (χ2n) is 4.20. The lowest BCUT2D eigenvalue weighted by Gasteiger charge is -2.23. The van der Waals surface area contributed by atoms with Gasteiger partial charge in [-0.2, -0.15) is 0 Å². The van der Waals surface area contributed by atoms with Crippen LogP contribution in [0.5, 0.6) is 0 Å². The fraction of sp³-hybridized carbons (Fsp3) is 0.500. The van der Waals surface area contributed by atoms with Gasteiger partial charge in [-0.15, -0.1) is 0 Å². The summed E-state index contributed by atoms with van der Waals surface area (Å²) in [6, 6.07) is 3.55. The van der Waals surface area contributed by atoms with Crippen molar-refractivity contribution in [1.82, 2.24) is 10.6 Å². The van der Waals surface area contributed by atoms with Gasteiger partial charge in [-0.25, -0.2) is 0 Å². The molecule has 0 bridgehead atoms. The highest BCUT2D eigenvalue weighted by atomic mass is 16.3. The van der Waals surface area contributed by atoms with E-state index < -0.39 is 0 Å². The lowest BCUT2D eigenvalue weighted by molar-refractivity contribution is -0.130. The van der Waals surface area contributed by atoms with Crippen molar-refractivity contribution in [3.63, 3.8) is 0 Å². The van der Waals surface area contributed by atoms with E-state index in [9.17, 15) is 9.59 Å². The van der Waals surface area contributed by atoms with Gasteiger partial charge < -0.3 is 15.1 Å². The predicted octanol–water partition coefficient (Wildman–Crippen LogP) is 0.812. The van der Waals surface area contributed by atoms with Crippen LogP contribution in [0.25, 0.3) is 0 Å². The van der Waals surface area contributed by atoms with E-state index in [-0.39, 0.29) is 24.3 Å². The minimum atomic E-state index is -0.200. The summed E-state index contributed by atoms with van der Waals surface area (Å²) < 4.78 is 5.07. The van der Waals surface area contributed by atoms with Crippen molar-refractivity contribution < 1.29 is 14.0 Å². The molecule has 0 spiro atoms. The molecule has 1 aliphatic rings. The van der Waals surface area contributed by atoms with Crippen LogP contribution in [0.1, 0.15) is 25.0 Å². The highest BCUT2D eigenvalue weighted by Crippen LogP contribution is 2.25. The monoisotopic (exact) mass is 236 g/mol. The normalized spacial score (nSPS) is 15.1. The largest absolute Gasteiger partial charge is 0.467 e. The topological polar surface area (TPSA) is 71.3 Å². The molecular weight excluding hydrogens is 220 g/mol. The first-order valence-corrected chi connectivity index (χ1v) is 5.82. The van der Waals surface area contributed by atoms with Gasteiger partial charge in [0, 0.05) is 5.92 Å². The third kappa shape index (κ3) is 3.34. The molecule has 5 heteroatoms. The van der Waals surface area contributed by atoms with Crippen molar-refractivity contribution in [1.29, 1.82) is 0 Å². The maximum Gasteiger partial charge on any atom is 0.239 e. The SMILES string of the molecule is O=C(CNC(=O)C1CCC1)NCc1ccco1. The molecule has 1 aliphatic carbocycles. The maximum atomic E-state index is 11.5. The third-order valence-corrected chi connectivity index (χ3v) is 2.94. The third-order valence-electron chi connectivity index (χ3n) is 2.94. The number of rotatable bonds is 5. The van der Waals surface area contributed by atoms with Gasteiger partial charge in [0.1, 0.15) is 5.76 Å². The first-order valence-electron chi connectivity index (χ1n) is 5.82. The standard InChI is InChI=1S/C12H16N2O3/c15-11(13-7-10-5-2-6-17-10)8-14-12(16)9-3-1-4-9/h2,5-6,9H,1,3-4,7-8H2,(H,13,15)(H,14,16). The van der Waals surface area contributed by atoms with Crippen molar-refractivity contribution in [2.24, 2.45) is 5.92 Å². The molecule has 92 valence electrons. The number of furan rings is 1. The van der Waals surface area contributed by atoms with Gasteiger partial charge in [0.2, 0.25) is 11.8 Å². The summed E-state index contributed by atoms with van der Waals surface area (Å²) in [5.74, 6) is 0.606. The Kier molecular flexibility index (Phi) is 3.80. The summed E-state index contributed by atoms with van der Waals surface area (Å²) in [6.07, 6.45) is 4.56. The molecule has 1 heterocycles. The summed E-state index contributed by atoms with van der Waals surface area (Å²) >= 11 is 0. The lowest BCUT2D eigenvalue weighted by Crippen LogP contribution is -2.41. The molecule has 0 aromatic carbocycles. The number of nitrogens with one attached hydrogen (secondary N) is 2. The summed E-state index contributed by atoms with van der Waals surface area (Å²) in [6.45, 7) is 0.390. The summed E-state index contributed by atoms with van der Waals surface area (Å²) in [7, 11) is 0. The molecule has 0 radical (unpaired) electrons. The van der Waals surface area contributed by atoms with Crippen LogP contribution in [0.2, 0.25) is 0 Å². The molecule has 2 N–H and O–H groups in total. The molecule has 2 rings (SSSR count). The second-order valence-corrected chi connectivity index (χ2v) is 4.20. The average Bonchev–Trinajstić information content (AvgIpc) is 2.73. The van der Waals surface area contributed by atoms with E-state index in [4.69, 9.17) is 4.42 Å². The molecule has 17 heavy (non-hydrogen) atoms. The molecular formula is C12H16N2O3. The van der Waals surface area contributed by atoms with Gasteiger partial charge in [-0.1, -0.05) is 6.42 Å². The minimum absolute atomic E-state index is 0.00982. The fourth-order valence-corrected chi connectivity index (χ4v) is 1.64. The second kappa shape index (κ2) is 5.52. The molecule has 0 saturated heterocycles. The van der Waals surface area contributed by atoms with E-state index >= 15 is 0 Å². The quantitative estimate of drug-likeness (QED) is 0.794. The van der Waals surface area contributed by atoms with Gasteiger partial charge >= 0.3 is 0 Å². The summed E-state index contributed by atoms with van der Waals surface area (Å²) in [4.78, 5) is 22.9. The van der Waals surface area contributed by atoms with Crippen LogP contribution in [0.4, 0.5) is 0 Å². The van der Waals surface area contributed by atoms with Crippen LogP contribution in [-0.2, 0) is 16.1 Å². The van der Waals surface area contributed by atoms with Crippen molar-refractivity contribution in [2.75, 3.05) is 6.54 Å². The van der Waals surface area contributed by atoms with Crippen molar-refractivity contribution in [2.45, 2.75) is 25.8 Å². The van der Waals surface area contributed by atoms with Crippen LogP contribution in [0.15, 0.2) is 22.8 Å². The maximum absolute atomic E-state index is 11.5. The zero-order valence-corrected chi connectivity index (χ0v) is 9.57. The van der Waals surface area contributed by atoms with Crippen molar-refractivity contribution in [3.05, 3.63) is 24.2 Å². The Labute approximate surface area is 99.6 Å². The van der Waals surface area contributed by atoms with Crippen molar-refractivity contribution in [3.8, 4) is 0 Å². The van der Waals surface area contributed by atoms with E-state index in [1.165, 1.54) is 0 Å². The van der Waals surface area contributed by atoms with Gasteiger partial charge in [0.15, 0.2) is 0 Å². The molecule has 1 fully saturated rings. The zero-order chi connectivity index (χ0) is 12.1. The Bertz CT molecular complexity index is 382. The Hall–Kier alpha value is -1.78. The first kappa shape index (κ1) is 11.7. The molecule has 5 nitrogen and oxygen atoms in total. The van der Waals surface area contributed by atoms with Gasteiger partial charge in [-0.05, 0) is 25.0 Å². The average molecular weight is 236 g/mol. The zero-order valence-electron chi connectivity index (χ0n) is 9.57. The number of carbonyl (C=O) groups excluding carboxylic acids is 2. The van der Waals surface area contributed by atoms with Crippen LogP contribution < -0.4 is 10.6 Å². The Balaban J connectivity index is 1.62. The van der Waals surface area contributed by atoms with E-state index in [2.05, 4.69) is 10.6 Å². The van der Waals surface area contributed by atoms with Crippen LogP contribution >= 0.6 is 0 Å². The fourth-order valence-electron chi connectivity index (χ4n) is 1.64.